The lowest BCUT2D eigenvalue weighted by molar-refractivity contribution is -0.157. The van der Waals surface area contributed by atoms with Crippen LogP contribution in [0, 0.1) is 5.41 Å². The van der Waals surface area contributed by atoms with E-state index < -0.39 is 52.4 Å². The molecule has 0 unspecified atom stereocenters. The van der Waals surface area contributed by atoms with E-state index in [0.29, 0.717) is 37.2 Å². The van der Waals surface area contributed by atoms with Gasteiger partial charge in [0.15, 0.2) is 0 Å². The van der Waals surface area contributed by atoms with Crippen molar-refractivity contribution < 1.29 is 36.4 Å². The van der Waals surface area contributed by atoms with Crippen molar-refractivity contribution in [3.8, 4) is 0 Å². The molecule has 2 aliphatic heterocycles. The molecule has 140 valence electrons. The molecule has 2 heterocycles. The number of amides is 3. The van der Waals surface area contributed by atoms with E-state index >= 15 is 0 Å². The minimum Gasteiger partial charge on any atom is -0.481 e. The van der Waals surface area contributed by atoms with Crippen molar-refractivity contribution in [3.05, 3.63) is 0 Å². The number of carboxylic acids is 1. The summed E-state index contributed by atoms with van der Waals surface area (Å²) in [6, 6.07) is -2.13. The highest BCUT2D eigenvalue weighted by atomic mass is 32.3. The van der Waals surface area contributed by atoms with Crippen molar-refractivity contribution in [2.75, 3.05) is 13.2 Å². The second kappa shape index (κ2) is 6.11. The molecule has 0 spiro atoms. The van der Waals surface area contributed by atoms with Gasteiger partial charge in [0.25, 0.3) is 0 Å². The van der Waals surface area contributed by atoms with Crippen LogP contribution in [0.2, 0.25) is 0 Å². The molecule has 0 aromatic heterocycles. The van der Waals surface area contributed by atoms with Crippen molar-refractivity contribution in [2.45, 2.75) is 44.2 Å². The average molecular weight is 377 g/mol. The van der Waals surface area contributed by atoms with Crippen molar-refractivity contribution in [3.63, 3.8) is 0 Å². The zero-order valence-electron chi connectivity index (χ0n) is 13.3. The number of piperidine rings is 1. The molecule has 2 bridgehead atoms. The third-order valence-electron chi connectivity index (χ3n) is 5.07. The zero-order chi connectivity index (χ0) is 18.4. The largest absolute Gasteiger partial charge is 0.481 e. The van der Waals surface area contributed by atoms with Crippen LogP contribution in [0.5, 0.6) is 0 Å². The number of hydroxylamine groups is 2. The van der Waals surface area contributed by atoms with Crippen LogP contribution in [0.3, 0.4) is 0 Å². The van der Waals surface area contributed by atoms with Gasteiger partial charge in [-0.3, -0.25) is 9.59 Å². The Bertz CT molecular complexity index is 704. The molecule has 11 nitrogen and oxygen atoms in total. The molecule has 0 aromatic rings. The normalized spacial score (nSPS) is 27.9. The summed E-state index contributed by atoms with van der Waals surface area (Å²) in [5.41, 5.74) is 4.01. The smallest absolute Gasteiger partial charge is 0.421 e. The maximum atomic E-state index is 12.3. The van der Waals surface area contributed by atoms with E-state index in [1.807, 2.05) is 0 Å². The molecular formula is C13H19N3O8S. The van der Waals surface area contributed by atoms with Crippen LogP contribution >= 0.6 is 0 Å². The number of carbonyl (C=O) groups is 3. The third kappa shape index (κ3) is 3.16. The summed E-state index contributed by atoms with van der Waals surface area (Å²) < 4.78 is 33.4. The van der Waals surface area contributed by atoms with Gasteiger partial charge in [-0.05, 0) is 25.7 Å². The Morgan fingerprint density at radius 3 is 2.52 bits per heavy atom. The van der Waals surface area contributed by atoms with E-state index in [9.17, 15) is 27.9 Å². The van der Waals surface area contributed by atoms with Gasteiger partial charge in [0.05, 0.1) is 18.1 Å². The molecule has 3 amide bonds. The lowest BCUT2D eigenvalue weighted by atomic mass is 9.69. The quantitative estimate of drug-likeness (QED) is 0.583. The minimum absolute atomic E-state index is 0.126. The van der Waals surface area contributed by atoms with Gasteiger partial charge in [0, 0.05) is 6.54 Å². The number of carboxylic acid groups (broad SMARTS) is 1. The van der Waals surface area contributed by atoms with Crippen molar-refractivity contribution in [1.82, 2.24) is 9.96 Å². The number of nitrogens with two attached hydrogens (primary N) is 1. The van der Waals surface area contributed by atoms with Gasteiger partial charge in [-0.25, -0.2) is 8.98 Å². The van der Waals surface area contributed by atoms with E-state index in [1.54, 1.807) is 0 Å². The highest BCUT2D eigenvalue weighted by Crippen LogP contribution is 2.42. The first-order chi connectivity index (χ1) is 11.7. The fourth-order valence-corrected chi connectivity index (χ4v) is 4.15. The molecule has 1 saturated carbocycles. The van der Waals surface area contributed by atoms with E-state index in [2.05, 4.69) is 0 Å². The Morgan fingerprint density at radius 2 is 2.00 bits per heavy atom. The molecule has 1 aliphatic carbocycles. The lowest BCUT2D eigenvalue weighted by Crippen LogP contribution is -2.47. The average Bonchev–Trinajstić information content (AvgIpc) is 2.70. The first-order valence-electron chi connectivity index (χ1n) is 7.87. The first kappa shape index (κ1) is 17.9. The maximum absolute atomic E-state index is 12.3. The number of carbonyl (C=O) groups excluding carboxylic acids is 2. The molecule has 12 heteroatoms. The van der Waals surface area contributed by atoms with Crippen LogP contribution < -0.4 is 5.73 Å². The zero-order valence-corrected chi connectivity index (χ0v) is 14.1. The summed E-state index contributed by atoms with van der Waals surface area (Å²) in [4.78, 5) is 36.0. The van der Waals surface area contributed by atoms with Gasteiger partial charge in [0.1, 0.15) is 6.04 Å². The molecule has 3 N–H and O–H groups in total. The molecule has 3 aliphatic rings. The monoisotopic (exact) mass is 377 g/mol. The number of aliphatic carboxylic acids is 1. The second-order valence-electron chi connectivity index (χ2n) is 6.59. The van der Waals surface area contributed by atoms with E-state index in [1.165, 1.54) is 0 Å². The van der Waals surface area contributed by atoms with Crippen LogP contribution in [0.4, 0.5) is 4.79 Å². The number of nitrogens with zero attached hydrogens (tertiary/aromatic N) is 2. The number of urea groups is 1. The second-order valence-corrected chi connectivity index (χ2v) is 7.80. The molecule has 2 saturated heterocycles. The van der Waals surface area contributed by atoms with Crippen LogP contribution in [0.25, 0.3) is 0 Å². The molecule has 0 radical (unpaired) electrons. The molecule has 3 fully saturated rings. The van der Waals surface area contributed by atoms with Gasteiger partial charge in [-0.2, -0.15) is 13.5 Å². The summed E-state index contributed by atoms with van der Waals surface area (Å²) >= 11 is 0. The number of rotatable bonds is 7. The molecule has 0 aromatic carbocycles. The maximum Gasteiger partial charge on any atom is 0.421 e. The van der Waals surface area contributed by atoms with Crippen LogP contribution in [0.1, 0.15) is 32.1 Å². The number of primary amides is 1. The topological polar surface area (TPSA) is 157 Å². The van der Waals surface area contributed by atoms with E-state index in [4.69, 9.17) is 14.2 Å². The highest BCUT2D eigenvalue weighted by Gasteiger charge is 2.50. The van der Waals surface area contributed by atoms with Gasteiger partial charge in [-0.15, -0.1) is 4.28 Å². The van der Waals surface area contributed by atoms with Crippen LogP contribution in [-0.4, -0.2) is 66.6 Å². The van der Waals surface area contributed by atoms with Crippen molar-refractivity contribution in [2.24, 2.45) is 11.1 Å². The number of hydrogen-bond acceptors (Lipinski definition) is 7. The first-order valence-corrected chi connectivity index (χ1v) is 9.20. The predicted molar refractivity (Wildman–Crippen MR) is 79.8 cm³/mol. The summed E-state index contributed by atoms with van der Waals surface area (Å²) in [6.45, 7) is -0.425. The van der Waals surface area contributed by atoms with Crippen LogP contribution in [-0.2, 0) is 28.5 Å². The molecular weight excluding hydrogens is 358 g/mol. The van der Waals surface area contributed by atoms with Gasteiger partial charge < -0.3 is 15.7 Å². The summed E-state index contributed by atoms with van der Waals surface area (Å²) in [5.74, 6) is -1.79. The highest BCUT2D eigenvalue weighted by molar-refractivity contribution is 7.81. The fourth-order valence-electron chi connectivity index (χ4n) is 3.35. The van der Waals surface area contributed by atoms with Gasteiger partial charge in [-0.1, -0.05) is 6.42 Å². The number of hydrogen-bond donors (Lipinski definition) is 2. The SMILES string of the molecule is NC(=O)[C@@H]1CC[C@@H]2CN1C(=O)N2OS(=O)(=O)OCC1(C(=O)O)CCC1. The van der Waals surface area contributed by atoms with E-state index in [0.717, 1.165) is 4.90 Å². The van der Waals surface area contributed by atoms with Crippen LogP contribution in [0.15, 0.2) is 0 Å². The van der Waals surface area contributed by atoms with Crippen molar-refractivity contribution in [1.29, 1.82) is 0 Å². The lowest BCUT2D eigenvalue weighted by Gasteiger charge is -2.36. The number of fused-ring (bicyclic) bond motifs is 2. The molecule has 25 heavy (non-hydrogen) atoms. The van der Waals surface area contributed by atoms with E-state index in [-0.39, 0.29) is 6.54 Å². The summed E-state index contributed by atoms with van der Waals surface area (Å²) in [5, 5.41) is 9.84. The Morgan fingerprint density at radius 1 is 1.32 bits per heavy atom. The predicted octanol–water partition coefficient (Wildman–Crippen LogP) is -0.812. The Labute approximate surface area is 143 Å². The van der Waals surface area contributed by atoms with Gasteiger partial charge >= 0.3 is 22.4 Å². The molecule has 3 rings (SSSR count). The van der Waals surface area contributed by atoms with Crippen molar-refractivity contribution >= 4 is 28.3 Å². The minimum atomic E-state index is -4.62. The van der Waals surface area contributed by atoms with Gasteiger partial charge in [0.2, 0.25) is 5.91 Å². The Hall–Kier alpha value is -1.92. The Kier molecular flexibility index (Phi) is 4.37. The third-order valence-corrected chi connectivity index (χ3v) is 5.82. The molecule has 2 atom stereocenters. The fraction of sp³-hybridized carbons (Fsp3) is 0.769. The summed E-state index contributed by atoms with van der Waals surface area (Å²) in [6.07, 6.45) is 1.97. The Balaban J connectivity index is 1.64. The summed E-state index contributed by atoms with van der Waals surface area (Å²) in [7, 11) is -4.62. The standard InChI is InChI=1S/C13H19N3O8S/c14-10(17)9-3-2-8-6-15(9)12(20)16(8)24-25(21,22)23-7-13(11(18)19)4-1-5-13/h8-9H,1-7H2,(H2,14,17)(H,18,19)/t8-,9+/m1/s1.